The lowest BCUT2D eigenvalue weighted by molar-refractivity contribution is -0.307. The van der Waals surface area contributed by atoms with Gasteiger partial charge < -0.3 is 54.7 Å². The highest BCUT2D eigenvalue weighted by molar-refractivity contribution is 6.30. The quantitative estimate of drug-likeness (QED) is 0.186. The number of aromatic hydroxyl groups is 1. The van der Waals surface area contributed by atoms with E-state index < -0.39 is 73.5 Å². The SMILES string of the molecule is Cc1cc(O)c2c(c1)C(=O)c1cccc(O[C@@H]3O[C@H](CO[C@@H]4OC[C@@H](O)[C@H](O)[C@H]4O)[C@@H](O)[C@H](O)[C@H]3O)c1C2=O. The minimum absolute atomic E-state index is 0.00458. The van der Waals surface area contributed by atoms with Crippen LogP contribution in [0.3, 0.4) is 0 Å². The molecule has 0 bridgehead atoms. The van der Waals surface area contributed by atoms with Gasteiger partial charge in [-0.1, -0.05) is 12.1 Å². The van der Waals surface area contributed by atoms with Crippen LogP contribution in [-0.4, -0.2) is 116 Å². The molecule has 13 nitrogen and oxygen atoms in total. The number of rotatable bonds is 5. The van der Waals surface area contributed by atoms with Crippen LogP contribution in [0.5, 0.6) is 11.5 Å². The van der Waals surface area contributed by atoms with E-state index in [2.05, 4.69) is 0 Å². The summed E-state index contributed by atoms with van der Waals surface area (Å²) in [5.41, 5.74) is 0.255. The molecule has 9 atom stereocenters. The number of benzene rings is 2. The first-order valence-electron chi connectivity index (χ1n) is 12.2. The van der Waals surface area contributed by atoms with Crippen LogP contribution in [0.2, 0.25) is 0 Å². The van der Waals surface area contributed by atoms with E-state index in [4.69, 9.17) is 18.9 Å². The minimum Gasteiger partial charge on any atom is -0.507 e. The lowest BCUT2D eigenvalue weighted by Crippen LogP contribution is -2.61. The van der Waals surface area contributed by atoms with Crippen molar-refractivity contribution in [3.05, 3.63) is 58.1 Å². The summed E-state index contributed by atoms with van der Waals surface area (Å²) in [6.07, 6.45) is -14.1. The van der Waals surface area contributed by atoms with Crippen LogP contribution >= 0.6 is 0 Å². The van der Waals surface area contributed by atoms with E-state index in [-0.39, 0.29) is 40.4 Å². The number of phenols is 1. The number of carbonyl (C=O) groups is 2. The van der Waals surface area contributed by atoms with Crippen LogP contribution < -0.4 is 4.74 Å². The highest BCUT2D eigenvalue weighted by Crippen LogP contribution is 2.38. The average molecular weight is 548 g/mol. The third-order valence-electron chi connectivity index (χ3n) is 7.02. The standard InChI is InChI=1S/C26H28O13/c1-9-5-11-16(12(27)6-9)21(32)17-10(18(11)29)3-2-4-14(17)38-26-24(35)22(33)20(31)15(39-26)8-37-25-23(34)19(30)13(28)7-36-25/h2-6,13,15,19-20,22-28,30-31,33-35H,7-8H2,1H3/t13-,15-,19+,20-,22+,23-,24-,25+,26-/m1/s1. The van der Waals surface area contributed by atoms with Gasteiger partial charge >= 0.3 is 0 Å². The largest absolute Gasteiger partial charge is 0.507 e. The summed E-state index contributed by atoms with van der Waals surface area (Å²) in [5.74, 6) is -1.76. The first-order chi connectivity index (χ1) is 18.5. The molecule has 7 N–H and O–H groups in total. The van der Waals surface area contributed by atoms with Crippen molar-refractivity contribution < 1.29 is 64.3 Å². The molecular weight excluding hydrogens is 520 g/mol. The summed E-state index contributed by atoms with van der Waals surface area (Å²) in [5, 5.41) is 71.3. The highest BCUT2D eigenvalue weighted by Gasteiger charge is 2.47. The monoisotopic (exact) mass is 548 g/mol. The predicted octanol–water partition coefficient (Wildman–Crippen LogP) is -1.88. The average Bonchev–Trinajstić information content (AvgIpc) is 2.90. The maximum absolute atomic E-state index is 13.4. The third kappa shape index (κ3) is 4.82. The van der Waals surface area contributed by atoms with Crippen molar-refractivity contribution in [2.75, 3.05) is 13.2 Å². The fourth-order valence-electron chi connectivity index (χ4n) is 4.90. The molecule has 210 valence electrons. The van der Waals surface area contributed by atoms with Crippen LogP contribution in [0.1, 0.15) is 37.4 Å². The van der Waals surface area contributed by atoms with E-state index >= 15 is 0 Å². The Bertz CT molecular complexity index is 1280. The molecule has 2 aliphatic heterocycles. The van der Waals surface area contributed by atoms with Crippen LogP contribution in [-0.2, 0) is 14.2 Å². The molecule has 5 rings (SSSR count). The number of fused-ring (bicyclic) bond motifs is 2. The zero-order chi connectivity index (χ0) is 28.2. The number of ether oxygens (including phenoxy) is 4. The minimum atomic E-state index is -1.79. The molecule has 0 radical (unpaired) electrons. The van der Waals surface area contributed by atoms with Crippen molar-refractivity contribution in [1.82, 2.24) is 0 Å². The number of ketones is 2. The van der Waals surface area contributed by atoms with Crippen molar-refractivity contribution in [2.24, 2.45) is 0 Å². The molecule has 1 aliphatic carbocycles. The summed E-state index contributed by atoms with van der Waals surface area (Å²) < 4.78 is 21.9. The van der Waals surface area contributed by atoms with Crippen LogP contribution in [0.4, 0.5) is 0 Å². The summed E-state index contributed by atoms with van der Waals surface area (Å²) in [6.45, 7) is 0.843. The molecule has 13 heteroatoms. The Morgan fingerprint density at radius 1 is 0.846 bits per heavy atom. The van der Waals surface area contributed by atoms with Crippen molar-refractivity contribution in [1.29, 1.82) is 0 Å². The zero-order valence-corrected chi connectivity index (χ0v) is 20.6. The molecular formula is C26H28O13. The van der Waals surface area contributed by atoms with Crippen molar-refractivity contribution in [2.45, 2.75) is 62.2 Å². The lowest BCUT2D eigenvalue weighted by Gasteiger charge is -2.41. The number of aliphatic hydroxyl groups excluding tert-OH is 6. The van der Waals surface area contributed by atoms with Gasteiger partial charge in [0.05, 0.1) is 24.3 Å². The Hall–Kier alpha value is -2.98. The van der Waals surface area contributed by atoms with Gasteiger partial charge in [-0.05, 0) is 30.7 Å². The van der Waals surface area contributed by atoms with E-state index in [1.165, 1.54) is 30.3 Å². The van der Waals surface area contributed by atoms with Gasteiger partial charge in [0.15, 0.2) is 12.1 Å². The van der Waals surface area contributed by atoms with Gasteiger partial charge in [0.25, 0.3) is 0 Å². The van der Waals surface area contributed by atoms with Gasteiger partial charge in [-0.25, -0.2) is 0 Å². The second kappa shape index (κ2) is 10.5. The fourth-order valence-corrected chi connectivity index (χ4v) is 4.90. The van der Waals surface area contributed by atoms with Crippen molar-refractivity contribution in [3.63, 3.8) is 0 Å². The smallest absolute Gasteiger partial charge is 0.229 e. The molecule has 3 aliphatic rings. The van der Waals surface area contributed by atoms with Gasteiger partial charge in [-0.15, -0.1) is 0 Å². The second-order valence-electron chi connectivity index (χ2n) is 9.76. The normalized spacial score (nSPS) is 34.4. The number of carbonyl (C=O) groups excluding carboxylic acids is 2. The van der Waals surface area contributed by atoms with Gasteiger partial charge in [0.2, 0.25) is 12.1 Å². The molecule has 2 aromatic rings. The van der Waals surface area contributed by atoms with Crippen LogP contribution in [0, 0.1) is 6.92 Å². The molecule has 0 unspecified atom stereocenters. The Morgan fingerprint density at radius 2 is 1.56 bits per heavy atom. The lowest BCUT2D eigenvalue weighted by atomic mass is 9.82. The predicted molar refractivity (Wildman–Crippen MR) is 127 cm³/mol. The Morgan fingerprint density at radius 3 is 2.31 bits per heavy atom. The van der Waals surface area contributed by atoms with Crippen molar-refractivity contribution >= 4 is 11.6 Å². The summed E-state index contributed by atoms with van der Waals surface area (Å²) in [6, 6.07) is 7.05. The molecule has 0 amide bonds. The molecule has 0 spiro atoms. The molecule has 0 aromatic heterocycles. The van der Waals surface area contributed by atoms with E-state index in [9.17, 15) is 45.3 Å². The summed E-state index contributed by atoms with van der Waals surface area (Å²) in [4.78, 5) is 26.6. The number of aliphatic hydroxyl groups is 6. The molecule has 0 saturated carbocycles. The fraction of sp³-hybridized carbons (Fsp3) is 0.462. The number of hydrogen-bond donors (Lipinski definition) is 7. The van der Waals surface area contributed by atoms with Gasteiger partial charge in [-0.3, -0.25) is 9.59 Å². The number of aryl methyl sites for hydroxylation is 1. The molecule has 39 heavy (non-hydrogen) atoms. The van der Waals surface area contributed by atoms with Gasteiger partial charge in [-0.2, -0.15) is 0 Å². The Kier molecular flexibility index (Phi) is 7.45. The molecule has 2 saturated heterocycles. The van der Waals surface area contributed by atoms with E-state index in [0.29, 0.717) is 5.56 Å². The zero-order valence-electron chi connectivity index (χ0n) is 20.6. The first-order valence-corrected chi connectivity index (χ1v) is 12.2. The Balaban J connectivity index is 1.37. The van der Waals surface area contributed by atoms with Gasteiger partial charge in [0, 0.05) is 11.1 Å². The van der Waals surface area contributed by atoms with E-state index in [0.717, 1.165) is 0 Å². The molecule has 2 aromatic carbocycles. The second-order valence-corrected chi connectivity index (χ2v) is 9.76. The summed E-state index contributed by atoms with van der Waals surface area (Å²) >= 11 is 0. The van der Waals surface area contributed by atoms with Crippen molar-refractivity contribution in [3.8, 4) is 11.5 Å². The molecule has 2 heterocycles. The topological polar surface area (TPSA) is 213 Å². The van der Waals surface area contributed by atoms with Crippen LogP contribution in [0.25, 0.3) is 0 Å². The number of hydrogen-bond acceptors (Lipinski definition) is 13. The first kappa shape index (κ1) is 27.6. The molecule has 2 fully saturated rings. The Labute approximate surface area is 221 Å². The van der Waals surface area contributed by atoms with E-state index in [1.807, 2.05) is 0 Å². The maximum atomic E-state index is 13.4. The van der Waals surface area contributed by atoms with Crippen LogP contribution in [0.15, 0.2) is 30.3 Å². The van der Waals surface area contributed by atoms with Gasteiger partial charge in [0.1, 0.15) is 54.2 Å². The maximum Gasteiger partial charge on any atom is 0.229 e. The highest BCUT2D eigenvalue weighted by atomic mass is 16.7. The van der Waals surface area contributed by atoms with E-state index in [1.54, 1.807) is 6.92 Å². The third-order valence-corrected chi connectivity index (χ3v) is 7.02. The summed E-state index contributed by atoms with van der Waals surface area (Å²) in [7, 11) is 0. The number of phenolic OH excluding ortho intramolecular Hbond substituents is 1.